The summed E-state index contributed by atoms with van der Waals surface area (Å²) in [4.78, 5) is 25.6. The summed E-state index contributed by atoms with van der Waals surface area (Å²) in [5.41, 5.74) is 7.75. The number of nitrogens with two attached hydrogens (primary N) is 1. The van der Waals surface area contributed by atoms with Gasteiger partial charge >= 0.3 is 6.03 Å². The number of nitrogens with zero attached hydrogens (tertiary/aromatic N) is 1. The highest BCUT2D eigenvalue weighted by atomic mass is 16.2. The summed E-state index contributed by atoms with van der Waals surface area (Å²) in [6.45, 7) is 0. The van der Waals surface area contributed by atoms with E-state index < -0.39 is 12.1 Å². The highest BCUT2D eigenvalue weighted by Crippen LogP contribution is 2.22. The molecule has 3 N–H and O–H groups in total. The predicted molar refractivity (Wildman–Crippen MR) is 80.8 cm³/mol. The molecular formula is C16H15N3O2. The third-order valence-electron chi connectivity index (χ3n) is 3.45. The van der Waals surface area contributed by atoms with E-state index >= 15 is 0 Å². The Morgan fingerprint density at radius 2 is 1.67 bits per heavy atom. The van der Waals surface area contributed by atoms with Crippen molar-refractivity contribution in [2.24, 2.45) is 0 Å². The molecule has 1 fully saturated rings. The molecular weight excluding hydrogens is 266 g/mol. The van der Waals surface area contributed by atoms with Gasteiger partial charge in [0.05, 0.1) is 5.69 Å². The van der Waals surface area contributed by atoms with Crippen LogP contribution in [0.25, 0.3) is 0 Å². The fourth-order valence-electron chi connectivity index (χ4n) is 2.39. The van der Waals surface area contributed by atoms with Gasteiger partial charge in [0.2, 0.25) is 0 Å². The van der Waals surface area contributed by atoms with E-state index in [4.69, 9.17) is 5.73 Å². The number of carbonyl (C=O) groups is 2. The first-order valence-corrected chi connectivity index (χ1v) is 6.69. The molecule has 106 valence electrons. The van der Waals surface area contributed by atoms with Crippen LogP contribution in [-0.2, 0) is 11.2 Å². The van der Waals surface area contributed by atoms with Gasteiger partial charge in [-0.2, -0.15) is 0 Å². The highest BCUT2D eigenvalue weighted by molar-refractivity contribution is 6.21. The van der Waals surface area contributed by atoms with Crippen LogP contribution >= 0.6 is 0 Å². The molecule has 2 aromatic rings. The fourth-order valence-corrected chi connectivity index (χ4v) is 2.39. The number of imide groups is 1. The second-order valence-electron chi connectivity index (χ2n) is 4.96. The van der Waals surface area contributed by atoms with Crippen LogP contribution in [0.5, 0.6) is 0 Å². The van der Waals surface area contributed by atoms with Gasteiger partial charge in [-0.15, -0.1) is 0 Å². The number of benzene rings is 2. The van der Waals surface area contributed by atoms with Crippen LogP contribution in [0.2, 0.25) is 0 Å². The van der Waals surface area contributed by atoms with Crippen molar-refractivity contribution < 1.29 is 9.59 Å². The molecule has 0 aliphatic carbocycles. The lowest BCUT2D eigenvalue weighted by Gasteiger charge is -2.13. The third kappa shape index (κ3) is 2.58. The Balaban J connectivity index is 1.80. The minimum absolute atomic E-state index is 0.242. The third-order valence-corrected chi connectivity index (χ3v) is 3.45. The molecule has 3 rings (SSSR count). The Bertz CT molecular complexity index is 668. The molecule has 5 nitrogen and oxygen atoms in total. The van der Waals surface area contributed by atoms with Crippen LogP contribution in [0.4, 0.5) is 16.2 Å². The summed E-state index contributed by atoms with van der Waals surface area (Å²) in [6.07, 6.45) is 0.483. The zero-order chi connectivity index (χ0) is 14.8. The number of hydrogen-bond acceptors (Lipinski definition) is 3. The van der Waals surface area contributed by atoms with E-state index in [0.717, 1.165) is 10.5 Å². The minimum Gasteiger partial charge on any atom is -0.399 e. The molecule has 1 saturated heterocycles. The van der Waals surface area contributed by atoms with Gasteiger partial charge in [0.15, 0.2) is 0 Å². The van der Waals surface area contributed by atoms with Crippen molar-refractivity contribution >= 4 is 23.3 Å². The van der Waals surface area contributed by atoms with Crippen LogP contribution in [0, 0.1) is 0 Å². The number of nitrogens with one attached hydrogen (secondary N) is 1. The van der Waals surface area contributed by atoms with Gasteiger partial charge in [-0.05, 0) is 29.8 Å². The number of urea groups is 1. The van der Waals surface area contributed by atoms with E-state index in [1.54, 1.807) is 24.3 Å². The highest BCUT2D eigenvalue weighted by Gasteiger charge is 2.38. The Kier molecular flexibility index (Phi) is 3.31. The predicted octanol–water partition coefficient (Wildman–Crippen LogP) is 1.94. The van der Waals surface area contributed by atoms with Gasteiger partial charge in [0.1, 0.15) is 6.04 Å². The van der Waals surface area contributed by atoms with Gasteiger partial charge in [-0.3, -0.25) is 4.79 Å². The Hall–Kier alpha value is -2.82. The van der Waals surface area contributed by atoms with Gasteiger partial charge in [-0.1, -0.05) is 30.3 Å². The van der Waals surface area contributed by atoms with Crippen molar-refractivity contribution in [1.29, 1.82) is 0 Å². The monoisotopic (exact) mass is 281 g/mol. The van der Waals surface area contributed by atoms with Crippen LogP contribution in [0.3, 0.4) is 0 Å². The molecule has 1 heterocycles. The summed E-state index contributed by atoms with van der Waals surface area (Å²) in [7, 11) is 0. The van der Waals surface area contributed by atoms with E-state index in [1.165, 1.54) is 0 Å². The zero-order valence-corrected chi connectivity index (χ0v) is 11.3. The van der Waals surface area contributed by atoms with E-state index in [-0.39, 0.29) is 5.91 Å². The molecule has 2 aromatic carbocycles. The lowest BCUT2D eigenvalue weighted by atomic mass is 10.1. The van der Waals surface area contributed by atoms with E-state index in [2.05, 4.69) is 5.32 Å². The lowest BCUT2D eigenvalue weighted by molar-refractivity contribution is -0.118. The minimum atomic E-state index is -0.530. The van der Waals surface area contributed by atoms with Crippen molar-refractivity contribution in [2.45, 2.75) is 12.5 Å². The normalized spacial score (nSPS) is 17.9. The summed E-state index contributed by atoms with van der Waals surface area (Å²) in [6, 6.07) is 15.3. The molecule has 5 heteroatoms. The van der Waals surface area contributed by atoms with Crippen molar-refractivity contribution in [2.75, 3.05) is 10.6 Å². The second kappa shape index (κ2) is 5.28. The van der Waals surface area contributed by atoms with E-state index in [0.29, 0.717) is 17.8 Å². The van der Waals surface area contributed by atoms with E-state index in [9.17, 15) is 9.59 Å². The Morgan fingerprint density at radius 1 is 1.00 bits per heavy atom. The second-order valence-corrected chi connectivity index (χ2v) is 4.96. The lowest BCUT2D eigenvalue weighted by Crippen LogP contribution is -2.32. The smallest absolute Gasteiger partial charge is 0.329 e. The summed E-state index contributed by atoms with van der Waals surface area (Å²) in [5, 5.41) is 2.72. The van der Waals surface area contributed by atoms with E-state index in [1.807, 2.05) is 30.3 Å². The maximum absolute atomic E-state index is 12.4. The van der Waals surface area contributed by atoms with Crippen LogP contribution in [-0.4, -0.2) is 18.0 Å². The van der Waals surface area contributed by atoms with Crippen molar-refractivity contribution in [3.8, 4) is 0 Å². The summed E-state index contributed by atoms with van der Waals surface area (Å²) < 4.78 is 0. The first kappa shape index (κ1) is 13.2. The molecule has 0 bridgehead atoms. The number of anilines is 2. The Morgan fingerprint density at radius 3 is 2.33 bits per heavy atom. The number of carbonyl (C=O) groups excluding carboxylic acids is 2. The number of amides is 3. The average molecular weight is 281 g/mol. The molecule has 0 radical (unpaired) electrons. The van der Waals surface area contributed by atoms with Crippen LogP contribution < -0.4 is 16.0 Å². The maximum atomic E-state index is 12.4. The average Bonchev–Trinajstić information content (AvgIpc) is 2.76. The largest absolute Gasteiger partial charge is 0.399 e. The topological polar surface area (TPSA) is 75.4 Å². The molecule has 0 spiro atoms. The number of nitrogen functional groups attached to an aromatic ring is 1. The molecule has 1 aliphatic heterocycles. The molecule has 1 atom stereocenters. The van der Waals surface area contributed by atoms with Crippen molar-refractivity contribution in [3.63, 3.8) is 0 Å². The standard InChI is InChI=1S/C16H15N3O2/c17-12-6-8-13(9-7-12)19-15(20)14(18-16(19)21)10-11-4-2-1-3-5-11/h1-9,14H,10,17H2,(H,18,21)/t14-/m0/s1. The summed E-state index contributed by atoms with van der Waals surface area (Å²) in [5.74, 6) is -0.242. The molecule has 3 amide bonds. The fraction of sp³-hybridized carbons (Fsp3) is 0.125. The maximum Gasteiger partial charge on any atom is 0.329 e. The first-order chi connectivity index (χ1) is 10.1. The van der Waals surface area contributed by atoms with Crippen LogP contribution in [0.15, 0.2) is 54.6 Å². The van der Waals surface area contributed by atoms with Crippen molar-refractivity contribution in [1.82, 2.24) is 5.32 Å². The van der Waals surface area contributed by atoms with Gasteiger partial charge in [0, 0.05) is 12.1 Å². The molecule has 0 aromatic heterocycles. The number of hydrogen-bond donors (Lipinski definition) is 2. The Labute approximate surface area is 122 Å². The first-order valence-electron chi connectivity index (χ1n) is 6.69. The van der Waals surface area contributed by atoms with Crippen molar-refractivity contribution in [3.05, 3.63) is 60.2 Å². The number of rotatable bonds is 3. The molecule has 0 saturated carbocycles. The zero-order valence-electron chi connectivity index (χ0n) is 11.3. The van der Waals surface area contributed by atoms with Gasteiger partial charge in [-0.25, -0.2) is 9.69 Å². The van der Waals surface area contributed by atoms with Crippen LogP contribution in [0.1, 0.15) is 5.56 Å². The molecule has 1 aliphatic rings. The SMILES string of the molecule is Nc1ccc(N2C(=O)N[C@@H](Cc3ccccc3)C2=O)cc1. The quantitative estimate of drug-likeness (QED) is 0.667. The van der Waals surface area contributed by atoms with Gasteiger partial charge < -0.3 is 11.1 Å². The molecule has 21 heavy (non-hydrogen) atoms. The van der Waals surface area contributed by atoms with Gasteiger partial charge in [0.25, 0.3) is 5.91 Å². The summed E-state index contributed by atoms with van der Waals surface area (Å²) >= 11 is 0. The molecule has 0 unspecified atom stereocenters.